The van der Waals surface area contributed by atoms with E-state index in [0.717, 1.165) is 43.3 Å². The molecule has 0 bridgehead atoms. The first-order valence-electron chi connectivity index (χ1n) is 19.8. The molecule has 6 rings (SSSR count). The molecule has 1 N–H and O–H groups in total. The number of ether oxygens (including phenoxy) is 2. The summed E-state index contributed by atoms with van der Waals surface area (Å²) in [5.74, 6) is 0.966. The van der Waals surface area contributed by atoms with Crippen LogP contribution in [0.5, 0.6) is 5.75 Å². The highest BCUT2D eigenvalue weighted by Gasteiger charge is 2.29. The maximum atomic E-state index is 14.0. The maximum absolute atomic E-state index is 14.0. The van der Waals surface area contributed by atoms with E-state index in [4.69, 9.17) is 13.9 Å². The fourth-order valence-electron chi connectivity index (χ4n) is 7.48. The smallest absolute Gasteiger partial charge is 0.410 e. The van der Waals surface area contributed by atoms with E-state index in [1.807, 2.05) is 89.8 Å². The molecule has 16 heteroatoms. The second kappa shape index (κ2) is 17.1. The monoisotopic (exact) mass is 847 g/mol. The quantitative estimate of drug-likeness (QED) is 0.0814. The minimum Gasteiger partial charge on any atom is -0.744 e. The Bertz CT molecular complexity index is 2620. The van der Waals surface area contributed by atoms with Gasteiger partial charge in [-0.1, -0.05) is 6.07 Å². The number of hydrogen-bond donors (Lipinski definition) is 1. The highest BCUT2D eigenvalue weighted by atomic mass is 32.2. The van der Waals surface area contributed by atoms with Crippen LogP contribution in [0.3, 0.4) is 0 Å². The van der Waals surface area contributed by atoms with E-state index in [1.54, 1.807) is 17.0 Å². The summed E-state index contributed by atoms with van der Waals surface area (Å²) in [6.07, 6.45) is -0.409. The van der Waals surface area contributed by atoms with Gasteiger partial charge in [-0.15, -0.1) is 0 Å². The Morgan fingerprint density at radius 2 is 1.54 bits per heavy atom. The van der Waals surface area contributed by atoms with Crippen LogP contribution < -0.4 is 29.2 Å². The van der Waals surface area contributed by atoms with Gasteiger partial charge in [0.15, 0.2) is 0 Å². The van der Waals surface area contributed by atoms with Crippen LogP contribution in [0.15, 0.2) is 87.0 Å². The molecule has 1 fully saturated rings. The average molecular weight is 848 g/mol. The zero-order valence-electron chi connectivity index (χ0n) is 34.9. The van der Waals surface area contributed by atoms with E-state index in [1.165, 1.54) is 25.3 Å². The summed E-state index contributed by atoms with van der Waals surface area (Å²) in [5.41, 5.74) is 2.56. The molecule has 3 aromatic carbocycles. The molecule has 2 heterocycles. The normalized spacial score (nSPS) is 13.8. The molecule has 14 nitrogen and oxygen atoms in total. The predicted molar refractivity (Wildman–Crippen MR) is 230 cm³/mol. The van der Waals surface area contributed by atoms with Crippen LogP contribution in [0, 0.1) is 0 Å². The van der Waals surface area contributed by atoms with Gasteiger partial charge in [-0.25, -0.2) is 26.2 Å². The van der Waals surface area contributed by atoms with Gasteiger partial charge >= 0.3 is 6.09 Å². The average Bonchev–Trinajstić information content (AvgIpc) is 3.19. The van der Waals surface area contributed by atoms with Gasteiger partial charge in [-0.05, 0) is 97.0 Å². The number of carbonyl (C=O) groups is 1. The number of fused-ring (bicyclic) bond motifs is 2. The van der Waals surface area contributed by atoms with Crippen molar-refractivity contribution in [1.29, 1.82) is 0 Å². The summed E-state index contributed by atoms with van der Waals surface area (Å²) in [6, 6.07) is 19.7. The number of benzene rings is 4. The van der Waals surface area contributed by atoms with Crippen LogP contribution in [0.4, 0.5) is 21.9 Å². The lowest BCUT2D eigenvalue weighted by Gasteiger charge is -2.37. The fourth-order valence-corrected chi connectivity index (χ4v) is 9.34. The molecule has 2 aliphatic heterocycles. The van der Waals surface area contributed by atoms with Crippen molar-refractivity contribution in [3.63, 3.8) is 0 Å². The van der Waals surface area contributed by atoms with Crippen molar-refractivity contribution >= 4 is 54.3 Å². The number of amides is 1. The number of sulfonamides is 1. The van der Waals surface area contributed by atoms with Gasteiger partial charge in [0, 0.05) is 79.2 Å². The van der Waals surface area contributed by atoms with Crippen LogP contribution in [0.25, 0.3) is 33.4 Å². The molecule has 0 saturated carbocycles. The molecule has 59 heavy (non-hydrogen) atoms. The van der Waals surface area contributed by atoms with Crippen molar-refractivity contribution in [1.82, 2.24) is 9.48 Å². The standard InChI is InChI=1S/C43H53N5O9S2/c1-9-45(10-2)30-14-17-33-38(26-30)56-39-27-31(46(11-3)12-4)15-18-34(39)41(33)35-19-16-32(28-40(35)59(52,53)54)58(50,51)44-29-13-20-37(55-8)36(25-29)47-21-23-48(24-22-47)42(49)57-43(5,6)7/h13-20,25-28,44H,9-12,21-24H2,1-8H3. The summed E-state index contributed by atoms with van der Waals surface area (Å²) in [4.78, 5) is 17.3. The Hall–Kier alpha value is -5.32. The minimum absolute atomic E-state index is 0.0492. The predicted octanol–water partition coefficient (Wildman–Crippen LogP) is 6.63. The molecule has 0 radical (unpaired) electrons. The van der Waals surface area contributed by atoms with Gasteiger partial charge in [0.25, 0.3) is 10.0 Å². The number of nitrogens with one attached hydrogen (secondary N) is 1. The second-order valence-corrected chi connectivity index (χ2v) is 18.3. The number of carbonyl (C=O) groups excluding carboxylic acids is 1. The Morgan fingerprint density at radius 1 is 0.864 bits per heavy atom. The van der Waals surface area contributed by atoms with E-state index >= 15 is 0 Å². The number of piperazine rings is 1. The lowest BCUT2D eigenvalue weighted by Crippen LogP contribution is -2.50. The summed E-state index contributed by atoms with van der Waals surface area (Å²) in [6.45, 7) is 18.2. The van der Waals surface area contributed by atoms with Crippen molar-refractivity contribution in [3.8, 4) is 28.2 Å². The molecule has 316 valence electrons. The Labute approximate surface area is 346 Å². The van der Waals surface area contributed by atoms with E-state index in [9.17, 15) is 26.2 Å². The summed E-state index contributed by atoms with van der Waals surface area (Å²) < 4.78 is 89.8. The van der Waals surface area contributed by atoms with Gasteiger partial charge in [0.2, 0.25) is 5.36 Å². The lowest BCUT2D eigenvalue weighted by atomic mass is 9.93. The molecule has 3 aromatic rings. The molecule has 1 aliphatic carbocycles. The van der Waals surface area contributed by atoms with E-state index in [2.05, 4.69) is 14.2 Å². The molecule has 3 aliphatic rings. The van der Waals surface area contributed by atoms with Gasteiger partial charge in [0.05, 0.1) is 34.3 Å². The summed E-state index contributed by atoms with van der Waals surface area (Å²) in [7, 11) is -8.17. The van der Waals surface area contributed by atoms with Crippen molar-refractivity contribution in [3.05, 3.63) is 78.2 Å². The first-order valence-corrected chi connectivity index (χ1v) is 22.7. The lowest BCUT2D eigenvalue weighted by molar-refractivity contribution is 0.0240. The Morgan fingerprint density at radius 3 is 2.15 bits per heavy atom. The SMILES string of the molecule is CCN(CC)c1ccc2c(-c3ccc(S(=O)(=O)Nc4ccc(OC)c(N5CCN(C(=O)OC(C)(C)C)CC5)c4)cc3S(=O)(=O)[O-])c3ccc(=[N+](CC)CC)cc-3oc2c1. The van der Waals surface area contributed by atoms with Crippen LogP contribution in [0.2, 0.25) is 0 Å². The van der Waals surface area contributed by atoms with Crippen LogP contribution in [-0.4, -0.2) is 97.5 Å². The molecular formula is C43H53N5O9S2. The second-order valence-electron chi connectivity index (χ2n) is 15.2. The van der Waals surface area contributed by atoms with Crippen LogP contribution >= 0.6 is 0 Å². The summed E-state index contributed by atoms with van der Waals surface area (Å²) >= 11 is 0. The van der Waals surface area contributed by atoms with Crippen molar-refractivity contribution in [2.75, 3.05) is 74.0 Å². The van der Waals surface area contributed by atoms with Gasteiger partial charge in [-0.3, -0.25) is 4.72 Å². The summed E-state index contributed by atoms with van der Waals surface area (Å²) in [5, 5.41) is 1.46. The number of methoxy groups -OCH3 is 1. The Balaban J connectivity index is 1.41. The first-order chi connectivity index (χ1) is 27.9. The zero-order chi connectivity index (χ0) is 42.9. The van der Waals surface area contributed by atoms with Crippen LogP contribution in [-0.2, 0) is 24.9 Å². The third-order valence-corrected chi connectivity index (χ3v) is 12.7. The van der Waals surface area contributed by atoms with Gasteiger partial charge in [-0.2, -0.15) is 0 Å². The molecule has 1 amide bonds. The van der Waals surface area contributed by atoms with E-state index in [0.29, 0.717) is 65.5 Å². The van der Waals surface area contributed by atoms with E-state index in [-0.39, 0.29) is 11.3 Å². The number of nitrogens with zero attached hydrogens (tertiary/aromatic N) is 4. The van der Waals surface area contributed by atoms with Crippen molar-refractivity contribution < 1.29 is 40.1 Å². The van der Waals surface area contributed by atoms with Gasteiger partial charge < -0.3 is 33.1 Å². The van der Waals surface area contributed by atoms with E-state index < -0.39 is 41.6 Å². The highest BCUT2D eigenvalue weighted by molar-refractivity contribution is 7.92. The fraction of sp³-hybridized carbons (Fsp3) is 0.395. The third-order valence-electron chi connectivity index (χ3n) is 10.5. The number of anilines is 3. The molecule has 1 saturated heterocycles. The molecule has 0 atom stereocenters. The number of hydrogen-bond acceptors (Lipinski definition) is 11. The minimum atomic E-state index is -5.23. The van der Waals surface area contributed by atoms with Crippen molar-refractivity contribution in [2.45, 2.75) is 63.9 Å². The van der Waals surface area contributed by atoms with Gasteiger partial charge in [0.1, 0.15) is 45.9 Å². The topological polar surface area (TPSA) is 165 Å². The first kappa shape index (κ1) is 43.3. The Kier molecular flexibility index (Phi) is 12.5. The molecule has 0 unspecified atom stereocenters. The third kappa shape index (κ3) is 9.29. The number of rotatable bonds is 12. The highest BCUT2D eigenvalue weighted by Crippen LogP contribution is 2.44. The maximum Gasteiger partial charge on any atom is 0.410 e. The molecule has 0 aromatic heterocycles. The zero-order valence-corrected chi connectivity index (χ0v) is 36.5. The van der Waals surface area contributed by atoms with Crippen molar-refractivity contribution in [2.24, 2.45) is 0 Å². The van der Waals surface area contributed by atoms with Crippen LogP contribution in [0.1, 0.15) is 48.5 Å². The molecule has 0 spiro atoms. The molecular weight excluding hydrogens is 795 g/mol. The largest absolute Gasteiger partial charge is 0.744 e.